The van der Waals surface area contributed by atoms with Gasteiger partial charge in [-0.05, 0) is 54.3 Å². The molecule has 0 aliphatic carbocycles. The SMILES string of the molecule is CCC(Sc1cccc(NC(=O)c2cccc3cccc(C(=O)O)c23)c1)C(=O)Nc1cccc(Cl)c1Cl. The van der Waals surface area contributed by atoms with E-state index in [9.17, 15) is 19.5 Å². The first-order valence-corrected chi connectivity index (χ1v) is 13.0. The van der Waals surface area contributed by atoms with Gasteiger partial charge in [0.25, 0.3) is 5.91 Å². The van der Waals surface area contributed by atoms with Gasteiger partial charge < -0.3 is 15.7 Å². The summed E-state index contributed by atoms with van der Waals surface area (Å²) in [7, 11) is 0. The number of aromatic carboxylic acids is 1. The molecule has 4 aromatic rings. The number of hydrogen-bond acceptors (Lipinski definition) is 4. The number of benzene rings is 4. The zero-order chi connectivity index (χ0) is 26.5. The standard InChI is InChI=1S/C28H22Cl2N2O4S/c1-2-23(27(34)32-22-14-6-13-21(29)25(22)30)37-18-10-5-9-17(15-18)31-26(33)19-11-3-7-16-8-4-12-20(24(16)19)28(35)36/h3-15,23H,2H2,1H3,(H,31,33)(H,32,34)(H,35,36). The molecule has 1 atom stereocenters. The van der Waals surface area contributed by atoms with Gasteiger partial charge in [-0.15, -0.1) is 11.8 Å². The highest BCUT2D eigenvalue weighted by Gasteiger charge is 2.20. The van der Waals surface area contributed by atoms with Crippen LogP contribution < -0.4 is 10.6 Å². The van der Waals surface area contributed by atoms with Gasteiger partial charge in [0.1, 0.15) is 0 Å². The van der Waals surface area contributed by atoms with Crippen molar-refractivity contribution in [2.24, 2.45) is 0 Å². The first kappa shape index (κ1) is 26.5. The lowest BCUT2D eigenvalue weighted by atomic mass is 9.98. The molecule has 4 rings (SSSR count). The van der Waals surface area contributed by atoms with Crippen LogP contribution in [-0.4, -0.2) is 28.1 Å². The first-order valence-electron chi connectivity index (χ1n) is 11.4. The van der Waals surface area contributed by atoms with E-state index in [1.54, 1.807) is 66.7 Å². The normalized spacial score (nSPS) is 11.6. The fraction of sp³-hybridized carbons (Fsp3) is 0.107. The summed E-state index contributed by atoms with van der Waals surface area (Å²) < 4.78 is 0. The Hall–Kier alpha value is -3.52. The second kappa shape index (κ2) is 11.7. The summed E-state index contributed by atoms with van der Waals surface area (Å²) in [5, 5.41) is 16.5. The molecule has 0 radical (unpaired) electrons. The van der Waals surface area contributed by atoms with Crippen molar-refractivity contribution in [1.82, 2.24) is 0 Å². The number of nitrogens with one attached hydrogen (secondary N) is 2. The number of halogens is 2. The summed E-state index contributed by atoms with van der Waals surface area (Å²) in [4.78, 5) is 38.6. The van der Waals surface area contributed by atoms with Gasteiger partial charge in [0.2, 0.25) is 5.91 Å². The zero-order valence-electron chi connectivity index (χ0n) is 19.6. The molecule has 0 aromatic heterocycles. The number of thioether (sulfide) groups is 1. The molecular weight excluding hydrogens is 531 g/mol. The van der Waals surface area contributed by atoms with Crippen LogP contribution in [0.1, 0.15) is 34.1 Å². The van der Waals surface area contributed by atoms with Crippen molar-refractivity contribution in [3.63, 3.8) is 0 Å². The van der Waals surface area contributed by atoms with Gasteiger partial charge in [0, 0.05) is 21.5 Å². The molecule has 0 fully saturated rings. The molecule has 9 heteroatoms. The van der Waals surface area contributed by atoms with Crippen LogP contribution in [0.4, 0.5) is 11.4 Å². The Morgan fingerprint density at radius 3 is 2.27 bits per heavy atom. The van der Waals surface area contributed by atoms with Gasteiger partial charge in [-0.2, -0.15) is 0 Å². The Labute approximate surface area is 228 Å². The van der Waals surface area contributed by atoms with Crippen LogP contribution in [0.15, 0.2) is 83.8 Å². The Kier molecular flexibility index (Phi) is 8.38. The van der Waals surface area contributed by atoms with E-state index in [1.807, 2.05) is 13.0 Å². The number of carbonyl (C=O) groups excluding carboxylic acids is 2. The molecule has 0 aliphatic heterocycles. The lowest BCUT2D eigenvalue weighted by molar-refractivity contribution is -0.115. The highest BCUT2D eigenvalue weighted by Crippen LogP contribution is 2.32. The van der Waals surface area contributed by atoms with Crippen molar-refractivity contribution in [2.45, 2.75) is 23.5 Å². The molecule has 4 aromatic carbocycles. The minimum Gasteiger partial charge on any atom is -0.478 e. The summed E-state index contributed by atoms with van der Waals surface area (Å²) >= 11 is 13.6. The maximum atomic E-state index is 13.2. The van der Waals surface area contributed by atoms with E-state index in [2.05, 4.69) is 10.6 Å². The quantitative estimate of drug-likeness (QED) is 0.195. The summed E-state index contributed by atoms with van der Waals surface area (Å²) in [5.41, 5.74) is 1.28. The highest BCUT2D eigenvalue weighted by atomic mass is 35.5. The fourth-order valence-electron chi connectivity index (χ4n) is 3.85. The van der Waals surface area contributed by atoms with Gasteiger partial charge in [-0.1, -0.05) is 66.5 Å². The van der Waals surface area contributed by atoms with Gasteiger partial charge in [-0.3, -0.25) is 9.59 Å². The molecule has 0 heterocycles. The summed E-state index contributed by atoms with van der Waals surface area (Å²) in [6.07, 6.45) is 0.555. The summed E-state index contributed by atoms with van der Waals surface area (Å²) in [6, 6.07) is 22.1. The van der Waals surface area contributed by atoms with E-state index >= 15 is 0 Å². The predicted molar refractivity (Wildman–Crippen MR) is 150 cm³/mol. The smallest absolute Gasteiger partial charge is 0.336 e. The lowest BCUT2D eigenvalue weighted by Gasteiger charge is -2.16. The molecule has 0 saturated heterocycles. The first-order chi connectivity index (χ1) is 17.8. The van der Waals surface area contributed by atoms with Crippen molar-refractivity contribution in [2.75, 3.05) is 10.6 Å². The number of anilines is 2. The average molecular weight is 553 g/mol. The topological polar surface area (TPSA) is 95.5 Å². The van der Waals surface area contributed by atoms with Crippen molar-refractivity contribution >= 4 is 74.9 Å². The predicted octanol–water partition coefficient (Wildman–Crippen LogP) is 7.61. The van der Waals surface area contributed by atoms with Crippen LogP contribution in [0.5, 0.6) is 0 Å². The third-order valence-electron chi connectivity index (χ3n) is 5.62. The second-order valence-electron chi connectivity index (χ2n) is 8.10. The van der Waals surface area contributed by atoms with Crippen LogP contribution in [0, 0.1) is 0 Å². The molecule has 188 valence electrons. The number of amides is 2. The fourth-order valence-corrected chi connectivity index (χ4v) is 5.22. The average Bonchev–Trinajstić information content (AvgIpc) is 2.89. The largest absolute Gasteiger partial charge is 0.478 e. The van der Waals surface area contributed by atoms with E-state index in [-0.39, 0.29) is 22.1 Å². The molecule has 1 unspecified atom stereocenters. The number of rotatable bonds is 8. The van der Waals surface area contributed by atoms with Crippen LogP contribution in [0.2, 0.25) is 10.0 Å². The van der Waals surface area contributed by atoms with Crippen molar-refractivity contribution < 1.29 is 19.5 Å². The molecule has 0 spiro atoms. The number of fused-ring (bicyclic) bond motifs is 1. The van der Waals surface area contributed by atoms with E-state index in [0.29, 0.717) is 33.6 Å². The monoisotopic (exact) mass is 552 g/mol. The van der Waals surface area contributed by atoms with Crippen molar-refractivity contribution in [3.8, 4) is 0 Å². The van der Waals surface area contributed by atoms with E-state index in [1.165, 1.54) is 17.8 Å². The Morgan fingerprint density at radius 2 is 1.57 bits per heavy atom. The number of carboxylic acids is 1. The number of carboxylic acid groups (broad SMARTS) is 1. The molecule has 0 bridgehead atoms. The van der Waals surface area contributed by atoms with Crippen LogP contribution >= 0.6 is 35.0 Å². The van der Waals surface area contributed by atoms with Crippen LogP contribution in [0.3, 0.4) is 0 Å². The number of hydrogen-bond donors (Lipinski definition) is 3. The molecular formula is C28H22Cl2N2O4S. The van der Waals surface area contributed by atoms with Gasteiger partial charge in [0.05, 0.1) is 26.5 Å². The Morgan fingerprint density at radius 1 is 0.892 bits per heavy atom. The van der Waals surface area contributed by atoms with Crippen LogP contribution in [-0.2, 0) is 4.79 Å². The third kappa shape index (κ3) is 6.07. The highest BCUT2D eigenvalue weighted by molar-refractivity contribution is 8.00. The third-order valence-corrected chi connectivity index (χ3v) is 7.80. The van der Waals surface area contributed by atoms with E-state index in [4.69, 9.17) is 23.2 Å². The van der Waals surface area contributed by atoms with E-state index < -0.39 is 17.1 Å². The zero-order valence-corrected chi connectivity index (χ0v) is 22.0. The Bertz CT molecular complexity index is 1500. The lowest BCUT2D eigenvalue weighted by Crippen LogP contribution is -2.24. The minimum atomic E-state index is -1.10. The van der Waals surface area contributed by atoms with Gasteiger partial charge in [0.15, 0.2) is 0 Å². The van der Waals surface area contributed by atoms with Crippen molar-refractivity contribution in [1.29, 1.82) is 0 Å². The van der Waals surface area contributed by atoms with Gasteiger partial charge >= 0.3 is 5.97 Å². The molecule has 0 saturated carbocycles. The summed E-state index contributed by atoms with van der Waals surface area (Å²) in [5.74, 6) is -1.75. The maximum absolute atomic E-state index is 13.2. The summed E-state index contributed by atoms with van der Waals surface area (Å²) in [6.45, 7) is 1.91. The Balaban J connectivity index is 1.52. The molecule has 6 nitrogen and oxygen atoms in total. The molecule has 2 amide bonds. The minimum absolute atomic E-state index is 0.0594. The van der Waals surface area contributed by atoms with Crippen molar-refractivity contribution in [3.05, 3.63) is 100 Å². The van der Waals surface area contributed by atoms with E-state index in [0.717, 1.165) is 4.90 Å². The molecule has 3 N–H and O–H groups in total. The van der Waals surface area contributed by atoms with Crippen LogP contribution in [0.25, 0.3) is 10.8 Å². The van der Waals surface area contributed by atoms with Gasteiger partial charge in [-0.25, -0.2) is 4.79 Å². The second-order valence-corrected chi connectivity index (χ2v) is 10.2. The maximum Gasteiger partial charge on any atom is 0.336 e. The number of carbonyl (C=O) groups is 3. The molecule has 37 heavy (non-hydrogen) atoms. The molecule has 0 aliphatic rings.